The monoisotopic (exact) mass is 379 g/mol. The molecule has 2 aliphatic heterocycles. The number of fused-ring (bicyclic) bond motifs is 1. The summed E-state index contributed by atoms with van der Waals surface area (Å²) in [5, 5.41) is 1.56. The summed E-state index contributed by atoms with van der Waals surface area (Å²) in [5.74, 6) is 1.34. The predicted molar refractivity (Wildman–Crippen MR) is 105 cm³/mol. The van der Waals surface area contributed by atoms with Gasteiger partial charge in [-0.15, -0.1) is 0 Å². The molecule has 5 rings (SSSR count). The average molecular weight is 379 g/mol. The number of aliphatic imine (C=N–C) groups is 1. The fraction of sp³-hybridized carbons (Fsp3) is 0.238. The Kier molecular flexibility index (Phi) is 4.01. The van der Waals surface area contributed by atoms with E-state index in [-0.39, 0.29) is 17.9 Å². The van der Waals surface area contributed by atoms with Gasteiger partial charge in [-0.1, -0.05) is 24.8 Å². The highest BCUT2D eigenvalue weighted by Crippen LogP contribution is 2.48. The molecule has 1 fully saturated rings. The maximum atomic E-state index is 13.2. The van der Waals surface area contributed by atoms with E-state index in [1.54, 1.807) is 30.1 Å². The maximum Gasteiger partial charge on any atom is 0.161 e. The lowest BCUT2D eigenvalue weighted by Gasteiger charge is -2.25. The molecule has 136 valence electrons. The van der Waals surface area contributed by atoms with Crippen molar-refractivity contribution in [2.24, 2.45) is 4.99 Å². The largest absolute Gasteiger partial charge is 0.459 e. The standard InChI is InChI=1S/C21H18FN3OS/c1-13-12-25-20(19(24-21(25)27-13)16-4-2-3-11-23-16)18-10-9-17(26-18)14-5-7-15(22)8-6-14/h2-11,13,19-20H,12H2,1H3/t13-,19-,20-/m0/s1. The molecule has 0 unspecified atom stereocenters. The average Bonchev–Trinajstić information content (AvgIpc) is 3.37. The molecule has 0 radical (unpaired) electrons. The fourth-order valence-electron chi connectivity index (χ4n) is 3.71. The number of hydrogen-bond donors (Lipinski definition) is 0. The quantitative estimate of drug-likeness (QED) is 0.637. The van der Waals surface area contributed by atoms with Gasteiger partial charge < -0.3 is 9.32 Å². The number of hydrogen-bond acceptors (Lipinski definition) is 5. The molecule has 1 saturated heterocycles. The summed E-state index contributed by atoms with van der Waals surface area (Å²) in [7, 11) is 0. The van der Waals surface area contributed by atoms with Gasteiger partial charge in [0, 0.05) is 23.6 Å². The van der Waals surface area contributed by atoms with Crippen LogP contribution in [0.15, 0.2) is 70.2 Å². The number of nitrogens with zero attached hydrogens (tertiary/aromatic N) is 3. The Morgan fingerprint density at radius 2 is 1.96 bits per heavy atom. The Morgan fingerprint density at radius 3 is 2.74 bits per heavy atom. The van der Waals surface area contributed by atoms with Crippen molar-refractivity contribution in [3.63, 3.8) is 0 Å². The molecule has 1 aromatic carbocycles. The van der Waals surface area contributed by atoms with Gasteiger partial charge in [-0.05, 0) is 48.5 Å². The molecule has 0 bridgehead atoms. The normalized spacial score (nSPS) is 24.1. The van der Waals surface area contributed by atoms with E-state index in [2.05, 4.69) is 16.8 Å². The van der Waals surface area contributed by atoms with Gasteiger partial charge in [-0.2, -0.15) is 0 Å². The first kappa shape index (κ1) is 16.6. The lowest BCUT2D eigenvalue weighted by Crippen LogP contribution is -2.28. The van der Waals surface area contributed by atoms with E-state index in [4.69, 9.17) is 9.41 Å². The minimum atomic E-state index is -0.252. The molecule has 0 saturated carbocycles. The summed E-state index contributed by atoms with van der Waals surface area (Å²) in [6.45, 7) is 3.15. The number of furan rings is 1. The van der Waals surface area contributed by atoms with Crippen LogP contribution < -0.4 is 0 Å². The van der Waals surface area contributed by atoms with E-state index in [0.29, 0.717) is 5.25 Å². The summed E-state index contributed by atoms with van der Waals surface area (Å²) in [6, 6.07) is 16.1. The van der Waals surface area contributed by atoms with E-state index < -0.39 is 0 Å². The predicted octanol–water partition coefficient (Wildman–Crippen LogP) is 5.07. The van der Waals surface area contributed by atoms with Crippen molar-refractivity contribution in [2.45, 2.75) is 24.3 Å². The zero-order valence-electron chi connectivity index (χ0n) is 14.7. The second-order valence-corrected chi connectivity index (χ2v) is 8.25. The third-order valence-electron chi connectivity index (χ3n) is 4.93. The third-order valence-corrected chi connectivity index (χ3v) is 6.03. The van der Waals surface area contributed by atoms with E-state index in [1.807, 2.05) is 30.3 Å². The van der Waals surface area contributed by atoms with Crippen LogP contribution in [0.4, 0.5) is 4.39 Å². The van der Waals surface area contributed by atoms with Crippen molar-refractivity contribution in [2.75, 3.05) is 6.54 Å². The van der Waals surface area contributed by atoms with Gasteiger partial charge >= 0.3 is 0 Å². The fourth-order valence-corrected chi connectivity index (χ4v) is 4.80. The minimum Gasteiger partial charge on any atom is -0.459 e. The Labute approximate surface area is 161 Å². The molecule has 6 heteroatoms. The van der Waals surface area contributed by atoms with Crippen molar-refractivity contribution in [1.29, 1.82) is 0 Å². The second-order valence-electron chi connectivity index (χ2n) is 6.85. The molecular formula is C21H18FN3OS. The van der Waals surface area contributed by atoms with Gasteiger partial charge in [0.2, 0.25) is 0 Å². The first-order chi connectivity index (χ1) is 13.2. The number of pyridine rings is 1. The van der Waals surface area contributed by atoms with Gasteiger partial charge in [0.25, 0.3) is 0 Å². The maximum absolute atomic E-state index is 13.2. The molecule has 4 nitrogen and oxygen atoms in total. The van der Waals surface area contributed by atoms with E-state index >= 15 is 0 Å². The van der Waals surface area contributed by atoms with Crippen molar-refractivity contribution in [1.82, 2.24) is 9.88 Å². The molecule has 0 N–H and O–H groups in total. The van der Waals surface area contributed by atoms with Crippen LogP contribution in [0.3, 0.4) is 0 Å². The smallest absolute Gasteiger partial charge is 0.161 e. The lowest BCUT2D eigenvalue weighted by molar-refractivity contribution is 0.277. The van der Waals surface area contributed by atoms with Crippen LogP contribution in [0.25, 0.3) is 11.3 Å². The minimum absolute atomic E-state index is 0.0125. The van der Waals surface area contributed by atoms with Crippen LogP contribution >= 0.6 is 11.8 Å². The lowest BCUT2D eigenvalue weighted by atomic mass is 10.0. The van der Waals surface area contributed by atoms with E-state index in [1.165, 1.54) is 12.1 Å². The van der Waals surface area contributed by atoms with Crippen molar-refractivity contribution in [3.8, 4) is 11.3 Å². The van der Waals surface area contributed by atoms with E-state index in [9.17, 15) is 4.39 Å². The summed E-state index contributed by atoms with van der Waals surface area (Å²) in [5.41, 5.74) is 1.80. The number of rotatable bonds is 3. The molecule has 27 heavy (non-hydrogen) atoms. The van der Waals surface area contributed by atoms with Crippen LogP contribution in [0, 0.1) is 5.82 Å². The van der Waals surface area contributed by atoms with E-state index in [0.717, 1.165) is 34.5 Å². The summed E-state index contributed by atoms with van der Waals surface area (Å²) in [6.07, 6.45) is 1.80. The highest BCUT2D eigenvalue weighted by molar-refractivity contribution is 8.14. The highest BCUT2D eigenvalue weighted by Gasteiger charge is 2.45. The van der Waals surface area contributed by atoms with Gasteiger partial charge in [0.05, 0.1) is 5.69 Å². The van der Waals surface area contributed by atoms with Crippen LogP contribution in [-0.4, -0.2) is 26.8 Å². The summed E-state index contributed by atoms with van der Waals surface area (Å²) < 4.78 is 19.4. The van der Waals surface area contributed by atoms with Crippen LogP contribution in [0.1, 0.15) is 30.5 Å². The Morgan fingerprint density at radius 1 is 1.11 bits per heavy atom. The number of halogens is 1. The van der Waals surface area contributed by atoms with Crippen LogP contribution in [0.2, 0.25) is 0 Å². The number of aromatic nitrogens is 1. The van der Waals surface area contributed by atoms with Crippen molar-refractivity contribution in [3.05, 3.63) is 78.1 Å². The van der Waals surface area contributed by atoms with Crippen LogP contribution in [-0.2, 0) is 0 Å². The summed E-state index contributed by atoms with van der Waals surface area (Å²) >= 11 is 1.80. The Bertz CT molecular complexity index is 986. The molecule has 0 amide bonds. The Hall–Kier alpha value is -2.60. The molecule has 3 atom stereocenters. The number of thioether (sulfide) groups is 1. The van der Waals surface area contributed by atoms with Gasteiger partial charge in [0.1, 0.15) is 29.4 Å². The molecule has 2 aliphatic rings. The van der Waals surface area contributed by atoms with Gasteiger partial charge in [-0.3, -0.25) is 4.98 Å². The molecular weight excluding hydrogens is 361 g/mol. The second kappa shape index (κ2) is 6.53. The highest BCUT2D eigenvalue weighted by atomic mass is 32.2. The first-order valence-corrected chi connectivity index (χ1v) is 9.85. The molecule has 0 aliphatic carbocycles. The Balaban J connectivity index is 1.53. The first-order valence-electron chi connectivity index (χ1n) is 8.97. The number of benzene rings is 1. The van der Waals surface area contributed by atoms with Gasteiger partial charge in [-0.25, -0.2) is 9.38 Å². The zero-order chi connectivity index (χ0) is 18.4. The molecule has 3 aromatic rings. The number of amidine groups is 1. The topological polar surface area (TPSA) is 41.6 Å². The molecule has 4 heterocycles. The zero-order valence-corrected chi connectivity index (χ0v) is 15.6. The van der Waals surface area contributed by atoms with Crippen LogP contribution in [0.5, 0.6) is 0 Å². The molecule has 0 spiro atoms. The SMILES string of the molecule is C[C@H]1CN2C(=N[C@@H](c3ccccn3)[C@@H]2c2ccc(-c3ccc(F)cc3)o2)S1. The van der Waals surface area contributed by atoms with Crippen molar-refractivity contribution < 1.29 is 8.81 Å². The molecule has 2 aromatic heterocycles. The van der Waals surface area contributed by atoms with Gasteiger partial charge in [0.15, 0.2) is 5.17 Å². The van der Waals surface area contributed by atoms with Crippen molar-refractivity contribution >= 4 is 16.9 Å². The summed E-state index contributed by atoms with van der Waals surface area (Å²) in [4.78, 5) is 11.8. The third kappa shape index (κ3) is 2.94.